The van der Waals surface area contributed by atoms with Crippen molar-refractivity contribution < 1.29 is 8.42 Å². The number of nitrogens with one attached hydrogen (secondary N) is 1. The summed E-state index contributed by atoms with van der Waals surface area (Å²) in [5.74, 6) is 0.471. The molecule has 124 valence electrons. The van der Waals surface area contributed by atoms with Gasteiger partial charge in [-0.2, -0.15) is 17.0 Å². The molecule has 6 heteroatoms. The monoisotopic (exact) mass is 317 g/mol. The molecule has 1 heterocycles. The summed E-state index contributed by atoms with van der Waals surface area (Å²) in [4.78, 5) is 0. The second-order valence-electron chi connectivity index (χ2n) is 6.59. The molecule has 0 radical (unpaired) electrons. The maximum atomic E-state index is 12.6. The zero-order valence-electron chi connectivity index (χ0n) is 13.6. The summed E-state index contributed by atoms with van der Waals surface area (Å²) in [6.07, 6.45) is 7.86. The van der Waals surface area contributed by atoms with Crippen LogP contribution in [-0.2, 0) is 10.2 Å². The number of piperidine rings is 1. The van der Waals surface area contributed by atoms with E-state index in [-0.39, 0.29) is 0 Å². The maximum Gasteiger partial charge on any atom is 0.281 e. The highest BCUT2D eigenvalue weighted by atomic mass is 32.2. The van der Waals surface area contributed by atoms with Crippen LogP contribution < -0.4 is 5.32 Å². The lowest BCUT2D eigenvalue weighted by molar-refractivity contribution is 0.245. The van der Waals surface area contributed by atoms with E-state index in [1.54, 1.807) is 15.7 Å². The van der Waals surface area contributed by atoms with Crippen LogP contribution in [0, 0.1) is 5.92 Å². The van der Waals surface area contributed by atoms with Crippen LogP contribution in [0.1, 0.15) is 51.9 Å². The van der Waals surface area contributed by atoms with Crippen molar-refractivity contribution in [2.75, 3.05) is 33.2 Å². The first-order valence-electron chi connectivity index (χ1n) is 8.48. The van der Waals surface area contributed by atoms with Crippen molar-refractivity contribution in [3.8, 4) is 0 Å². The average molecular weight is 317 g/mol. The van der Waals surface area contributed by atoms with Crippen LogP contribution in [0.15, 0.2) is 0 Å². The molecule has 2 aliphatic rings. The highest BCUT2D eigenvalue weighted by Crippen LogP contribution is 2.23. The van der Waals surface area contributed by atoms with Gasteiger partial charge >= 0.3 is 0 Å². The first kappa shape index (κ1) is 17.2. The van der Waals surface area contributed by atoms with Crippen LogP contribution in [0.5, 0.6) is 0 Å². The minimum absolute atomic E-state index is 0.471. The average Bonchev–Trinajstić information content (AvgIpc) is 3.30. The Morgan fingerprint density at radius 3 is 2.67 bits per heavy atom. The number of hydrogen-bond acceptors (Lipinski definition) is 3. The molecule has 0 aromatic rings. The summed E-state index contributed by atoms with van der Waals surface area (Å²) in [6.45, 7) is 5.10. The van der Waals surface area contributed by atoms with Gasteiger partial charge in [0.2, 0.25) is 0 Å². The number of nitrogens with zero attached hydrogens (tertiary/aromatic N) is 2. The zero-order chi connectivity index (χ0) is 15.3. The molecule has 1 saturated carbocycles. The summed E-state index contributed by atoms with van der Waals surface area (Å²) in [7, 11) is -1.54. The molecule has 1 aliphatic heterocycles. The molecule has 2 fully saturated rings. The van der Waals surface area contributed by atoms with Crippen LogP contribution in [0.4, 0.5) is 0 Å². The third-order valence-electron chi connectivity index (χ3n) is 4.55. The molecule has 1 N–H and O–H groups in total. The Hall–Kier alpha value is -0.170. The van der Waals surface area contributed by atoms with Gasteiger partial charge in [0.05, 0.1) is 0 Å². The Morgan fingerprint density at radius 1 is 1.24 bits per heavy atom. The van der Waals surface area contributed by atoms with Gasteiger partial charge in [-0.3, -0.25) is 0 Å². The molecule has 0 aromatic carbocycles. The molecule has 1 saturated heterocycles. The van der Waals surface area contributed by atoms with Gasteiger partial charge in [-0.15, -0.1) is 0 Å². The normalized spacial score (nSPS) is 24.6. The lowest BCUT2D eigenvalue weighted by atomic mass is 10.00. The van der Waals surface area contributed by atoms with Crippen LogP contribution in [0.3, 0.4) is 0 Å². The summed E-state index contributed by atoms with van der Waals surface area (Å²) in [6, 6.07) is 0.703. The predicted molar refractivity (Wildman–Crippen MR) is 86.4 cm³/mol. The molecule has 1 aliphatic carbocycles. The fourth-order valence-electron chi connectivity index (χ4n) is 2.92. The van der Waals surface area contributed by atoms with E-state index in [4.69, 9.17) is 0 Å². The summed E-state index contributed by atoms with van der Waals surface area (Å²) in [5.41, 5.74) is 0. The summed E-state index contributed by atoms with van der Waals surface area (Å²) < 4.78 is 28.5. The van der Waals surface area contributed by atoms with Gasteiger partial charge in [0, 0.05) is 32.7 Å². The quantitative estimate of drug-likeness (QED) is 0.660. The Balaban J connectivity index is 1.82. The van der Waals surface area contributed by atoms with E-state index in [0.717, 1.165) is 38.6 Å². The highest BCUT2D eigenvalue weighted by Gasteiger charge is 2.32. The summed E-state index contributed by atoms with van der Waals surface area (Å²) >= 11 is 0. The lowest BCUT2D eigenvalue weighted by Gasteiger charge is -2.34. The molecule has 0 spiro atoms. The first-order valence-corrected chi connectivity index (χ1v) is 9.88. The second-order valence-corrected chi connectivity index (χ2v) is 8.62. The first-order chi connectivity index (χ1) is 10.0. The molecule has 21 heavy (non-hydrogen) atoms. The van der Waals surface area contributed by atoms with Crippen molar-refractivity contribution in [3.05, 3.63) is 0 Å². The molecule has 1 unspecified atom stereocenters. The zero-order valence-corrected chi connectivity index (χ0v) is 14.4. The van der Waals surface area contributed by atoms with E-state index in [9.17, 15) is 8.42 Å². The van der Waals surface area contributed by atoms with Crippen molar-refractivity contribution in [3.63, 3.8) is 0 Å². The Kier molecular flexibility index (Phi) is 6.47. The van der Waals surface area contributed by atoms with E-state index >= 15 is 0 Å². The molecule has 2 rings (SSSR count). The van der Waals surface area contributed by atoms with Gasteiger partial charge in [-0.1, -0.05) is 19.8 Å². The van der Waals surface area contributed by atoms with E-state index in [1.165, 1.54) is 12.8 Å². The van der Waals surface area contributed by atoms with Crippen LogP contribution >= 0.6 is 0 Å². The van der Waals surface area contributed by atoms with E-state index < -0.39 is 10.2 Å². The Labute approximate surface area is 130 Å². The third-order valence-corrected chi connectivity index (χ3v) is 6.51. The van der Waals surface area contributed by atoms with Gasteiger partial charge in [-0.05, 0) is 44.6 Å². The Bertz CT molecular complexity index is 409. The lowest BCUT2D eigenvalue weighted by Crippen LogP contribution is -2.48. The number of unbranched alkanes of at least 4 members (excludes halogenated alkanes) is 2. The van der Waals surface area contributed by atoms with Gasteiger partial charge in [0.15, 0.2) is 0 Å². The molecular formula is C15H31N3O2S. The predicted octanol–water partition coefficient (Wildman–Crippen LogP) is 1.82. The minimum atomic E-state index is -3.26. The molecule has 5 nitrogen and oxygen atoms in total. The van der Waals surface area contributed by atoms with Crippen molar-refractivity contribution in [2.24, 2.45) is 5.92 Å². The van der Waals surface area contributed by atoms with Crippen LogP contribution in [0.25, 0.3) is 0 Å². The van der Waals surface area contributed by atoms with E-state index in [0.29, 0.717) is 31.6 Å². The topological polar surface area (TPSA) is 52.7 Å². The van der Waals surface area contributed by atoms with Gasteiger partial charge in [0.1, 0.15) is 0 Å². The maximum absolute atomic E-state index is 12.6. The second kappa shape index (κ2) is 7.90. The van der Waals surface area contributed by atoms with E-state index in [2.05, 4.69) is 12.2 Å². The van der Waals surface area contributed by atoms with Gasteiger partial charge in [-0.25, -0.2) is 0 Å². The van der Waals surface area contributed by atoms with Gasteiger partial charge in [0.25, 0.3) is 10.2 Å². The highest BCUT2D eigenvalue weighted by molar-refractivity contribution is 7.86. The molecule has 0 aromatic heterocycles. The molecule has 1 atom stereocenters. The number of hydrogen-bond donors (Lipinski definition) is 1. The van der Waals surface area contributed by atoms with Gasteiger partial charge < -0.3 is 5.32 Å². The van der Waals surface area contributed by atoms with E-state index in [1.807, 2.05) is 0 Å². The van der Waals surface area contributed by atoms with Crippen LogP contribution in [-0.4, -0.2) is 56.3 Å². The molecular weight excluding hydrogens is 286 g/mol. The SMILES string of the molecule is CCCCCN(C)S(=O)(=O)N1CCCC(CNC2CC2)C1. The van der Waals surface area contributed by atoms with Crippen molar-refractivity contribution in [1.29, 1.82) is 0 Å². The fraction of sp³-hybridized carbons (Fsp3) is 1.00. The van der Waals surface area contributed by atoms with Crippen molar-refractivity contribution in [1.82, 2.24) is 13.9 Å². The standard InChI is InChI=1S/C15H31N3O2S/c1-3-4-5-10-17(2)21(19,20)18-11-6-7-14(13-18)12-16-15-8-9-15/h14-16H,3-13H2,1-2H3. The van der Waals surface area contributed by atoms with Crippen LogP contribution in [0.2, 0.25) is 0 Å². The largest absolute Gasteiger partial charge is 0.314 e. The third kappa shape index (κ3) is 5.20. The summed E-state index contributed by atoms with van der Waals surface area (Å²) in [5, 5.41) is 3.53. The van der Waals surface area contributed by atoms with Crippen molar-refractivity contribution >= 4 is 10.2 Å². The molecule has 0 amide bonds. The smallest absolute Gasteiger partial charge is 0.281 e. The number of rotatable bonds is 9. The fourth-order valence-corrected chi connectivity index (χ4v) is 4.43. The van der Waals surface area contributed by atoms with Crippen molar-refractivity contribution in [2.45, 2.75) is 57.9 Å². The molecule has 0 bridgehead atoms. The minimum Gasteiger partial charge on any atom is -0.314 e. The Morgan fingerprint density at radius 2 is 2.00 bits per heavy atom.